The standard InChI is InChI=1S/C17H16ClNO4/c1-22-12-7-11(13(23-2)6-10(12)18)19-16(20)14-8-3-4-9(5-8)15(14)17(19)21/h3-4,6-9,14-15H,5H2,1-2H3/t8-,9+,14+,15-. The third-order valence-electron chi connectivity index (χ3n) is 5.16. The van der Waals surface area contributed by atoms with Crippen LogP contribution in [-0.4, -0.2) is 26.0 Å². The molecule has 23 heavy (non-hydrogen) atoms. The van der Waals surface area contributed by atoms with E-state index in [1.807, 2.05) is 0 Å². The summed E-state index contributed by atoms with van der Waals surface area (Å²) in [6.07, 6.45) is 5.04. The van der Waals surface area contributed by atoms with Gasteiger partial charge in [0.15, 0.2) is 0 Å². The molecule has 0 spiro atoms. The van der Waals surface area contributed by atoms with Crippen LogP contribution in [0, 0.1) is 23.7 Å². The minimum absolute atomic E-state index is 0.153. The smallest absolute Gasteiger partial charge is 0.238 e. The molecule has 1 aromatic carbocycles. The summed E-state index contributed by atoms with van der Waals surface area (Å²) in [7, 11) is 2.97. The molecule has 6 heteroatoms. The number of amides is 2. The Morgan fingerprint density at radius 2 is 1.57 bits per heavy atom. The monoisotopic (exact) mass is 333 g/mol. The molecule has 1 aromatic rings. The lowest BCUT2D eigenvalue weighted by Gasteiger charge is -2.21. The first-order valence-corrected chi connectivity index (χ1v) is 7.92. The van der Waals surface area contributed by atoms with Crippen molar-refractivity contribution in [2.75, 3.05) is 19.1 Å². The number of carbonyl (C=O) groups is 2. The predicted molar refractivity (Wildman–Crippen MR) is 84.8 cm³/mol. The number of allylic oxidation sites excluding steroid dienone is 2. The second kappa shape index (κ2) is 4.99. The van der Waals surface area contributed by atoms with E-state index in [0.717, 1.165) is 6.42 Å². The van der Waals surface area contributed by atoms with Gasteiger partial charge in [-0.2, -0.15) is 0 Å². The molecular formula is C17H16ClNO4. The molecule has 0 aromatic heterocycles. The number of rotatable bonds is 3. The summed E-state index contributed by atoms with van der Waals surface area (Å²) >= 11 is 6.11. The molecular weight excluding hydrogens is 318 g/mol. The van der Waals surface area contributed by atoms with Gasteiger partial charge in [-0.1, -0.05) is 23.8 Å². The van der Waals surface area contributed by atoms with Crippen molar-refractivity contribution >= 4 is 29.1 Å². The highest BCUT2D eigenvalue weighted by atomic mass is 35.5. The molecule has 4 atom stereocenters. The van der Waals surface area contributed by atoms with E-state index >= 15 is 0 Å². The van der Waals surface area contributed by atoms with E-state index in [2.05, 4.69) is 12.2 Å². The van der Waals surface area contributed by atoms with Crippen molar-refractivity contribution in [3.05, 3.63) is 29.3 Å². The molecule has 0 unspecified atom stereocenters. The number of nitrogens with zero attached hydrogens (tertiary/aromatic N) is 1. The van der Waals surface area contributed by atoms with Crippen molar-refractivity contribution in [2.24, 2.45) is 23.7 Å². The van der Waals surface area contributed by atoms with Crippen molar-refractivity contribution in [2.45, 2.75) is 6.42 Å². The Balaban J connectivity index is 1.80. The maximum absolute atomic E-state index is 12.9. The lowest BCUT2D eigenvalue weighted by atomic mass is 9.85. The maximum Gasteiger partial charge on any atom is 0.238 e. The minimum atomic E-state index is -0.246. The SMILES string of the molecule is COc1cc(N2C(=O)[C@@H]3[C@H](C2=O)[C@H]2C=C[C@@H]3C2)c(OC)cc1Cl. The summed E-state index contributed by atoms with van der Waals surface area (Å²) in [6, 6.07) is 3.16. The fourth-order valence-corrected chi connectivity index (χ4v) is 4.39. The van der Waals surface area contributed by atoms with Crippen LogP contribution in [0.25, 0.3) is 0 Å². The molecule has 120 valence electrons. The fraction of sp³-hybridized carbons (Fsp3) is 0.412. The molecule has 1 saturated heterocycles. The maximum atomic E-state index is 12.9. The van der Waals surface area contributed by atoms with Gasteiger partial charge in [-0.15, -0.1) is 0 Å². The molecule has 1 saturated carbocycles. The van der Waals surface area contributed by atoms with Crippen molar-refractivity contribution in [3.8, 4) is 11.5 Å². The van der Waals surface area contributed by atoms with Gasteiger partial charge in [0.05, 0.1) is 36.8 Å². The first-order valence-electron chi connectivity index (χ1n) is 7.54. The number of benzene rings is 1. The summed E-state index contributed by atoms with van der Waals surface area (Å²) in [5.74, 6) is 0.337. The number of carbonyl (C=O) groups excluding carboxylic acids is 2. The molecule has 2 amide bonds. The topological polar surface area (TPSA) is 55.8 Å². The fourth-order valence-electron chi connectivity index (χ4n) is 4.16. The normalized spacial score (nSPS) is 31.0. The Labute approximate surface area is 138 Å². The summed E-state index contributed by atoms with van der Waals surface area (Å²) in [5, 5.41) is 0.370. The molecule has 2 fully saturated rings. The first kappa shape index (κ1) is 14.6. The highest BCUT2D eigenvalue weighted by Crippen LogP contribution is 2.54. The predicted octanol–water partition coefficient (Wildman–Crippen LogP) is 2.67. The van der Waals surface area contributed by atoms with Crippen molar-refractivity contribution < 1.29 is 19.1 Å². The van der Waals surface area contributed by atoms with E-state index in [4.69, 9.17) is 21.1 Å². The number of hydrogen-bond donors (Lipinski definition) is 0. The number of imide groups is 1. The van der Waals surface area contributed by atoms with Gasteiger partial charge in [-0.25, -0.2) is 4.90 Å². The van der Waals surface area contributed by atoms with Crippen molar-refractivity contribution in [1.29, 1.82) is 0 Å². The van der Waals surface area contributed by atoms with E-state index in [1.165, 1.54) is 19.1 Å². The van der Waals surface area contributed by atoms with Gasteiger partial charge >= 0.3 is 0 Å². The number of anilines is 1. The van der Waals surface area contributed by atoms with E-state index < -0.39 is 0 Å². The van der Waals surface area contributed by atoms with E-state index in [-0.39, 0.29) is 35.5 Å². The van der Waals surface area contributed by atoms with Crippen LogP contribution in [-0.2, 0) is 9.59 Å². The summed E-state index contributed by atoms with van der Waals surface area (Å²) < 4.78 is 10.5. The first-order chi connectivity index (χ1) is 11.1. The van der Waals surface area contributed by atoms with E-state index in [9.17, 15) is 9.59 Å². The zero-order valence-corrected chi connectivity index (χ0v) is 13.5. The van der Waals surface area contributed by atoms with Gasteiger partial charge in [0.2, 0.25) is 11.8 Å². The van der Waals surface area contributed by atoms with Crippen LogP contribution in [0.1, 0.15) is 6.42 Å². The third-order valence-corrected chi connectivity index (χ3v) is 5.46. The highest BCUT2D eigenvalue weighted by molar-refractivity contribution is 6.32. The molecule has 2 aliphatic carbocycles. The summed E-state index contributed by atoms with van der Waals surface area (Å²) in [4.78, 5) is 27.0. The Kier molecular flexibility index (Phi) is 3.17. The molecule has 4 rings (SSSR count). The van der Waals surface area contributed by atoms with E-state index in [1.54, 1.807) is 12.1 Å². The number of methoxy groups -OCH3 is 2. The van der Waals surface area contributed by atoms with Gasteiger partial charge < -0.3 is 9.47 Å². The molecule has 0 N–H and O–H groups in total. The highest BCUT2D eigenvalue weighted by Gasteiger charge is 2.60. The number of halogens is 1. The van der Waals surface area contributed by atoms with Gasteiger partial charge in [-0.3, -0.25) is 9.59 Å². The molecule has 2 bridgehead atoms. The van der Waals surface area contributed by atoms with Gasteiger partial charge in [0.25, 0.3) is 0 Å². The van der Waals surface area contributed by atoms with Crippen LogP contribution in [0.2, 0.25) is 5.02 Å². The average molecular weight is 334 g/mol. The van der Waals surface area contributed by atoms with Gasteiger partial charge in [-0.05, 0) is 18.3 Å². The summed E-state index contributed by atoms with van der Waals surface area (Å²) in [5.41, 5.74) is 0.401. The molecule has 5 nitrogen and oxygen atoms in total. The largest absolute Gasteiger partial charge is 0.495 e. The van der Waals surface area contributed by atoms with Crippen LogP contribution >= 0.6 is 11.6 Å². The third kappa shape index (κ3) is 1.86. The van der Waals surface area contributed by atoms with Crippen molar-refractivity contribution in [3.63, 3.8) is 0 Å². The van der Waals surface area contributed by atoms with E-state index in [0.29, 0.717) is 22.2 Å². The van der Waals surface area contributed by atoms with Crippen LogP contribution in [0.3, 0.4) is 0 Å². The van der Waals surface area contributed by atoms with Crippen molar-refractivity contribution in [1.82, 2.24) is 0 Å². The Morgan fingerprint density at radius 1 is 1.00 bits per heavy atom. The lowest BCUT2D eigenvalue weighted by molar-refractivity contribution is -0.123. The van der Waals surface area contributed by atoms with Gasteiger partial charge in [0, 0.05) is 12.1 Å². The van der Waals surface area contributed by atoms with Crippen LogP contribution in [0.15, 0.2) is 24.3 Å². The van der Waals surface area contributed by atoms with Crippen LogP contribution < -0.4 is 14.4 Å². The Bertz CT molecular complexity index is 714. The number of fused-ring (bicyclic) bond motifs is 5. The molecule has 1 heterocycles. The molecule has 0 radical (unpaired) electrons. The molecule has 3 aliphatic rings. The van der Waals surface area contributed by atoms with Crippen LogP contribution in [0.4, 0.5) is 5.69 Å². The van der Waals surface area contributed by atoms with Gasteiger partial charge in [0.1, 0.15) is 11.5 Å². The Hall–Kier alpha value is -2.01. The summed E-state index contributed by atoms with van der Waals surface area (Å²) in [6.45, 7) is 0. The zero-order chi connectivity index (χ0) is 16.3. The molecule has 1 aliphatic heterocycles. The Morgan fingerprint density at radius 3 is 2.09 bits per heavy atom. The number of hydrogen-bond acceptors (Lipinski definition) is 4. The minimum Gasteiger partial charge on any atom is -0.495 e. The second-order valence-corrected chi connectivity index (χ2v) is 6.58. The lowest BCUT2D eigenvalue weighted by Crippen LogP contribution is -2.33. The zero-order valence-electron chi connectivity index (χ0n) is 12.8. The quantitative estimate of drug-likeness (QED) is 0.630. The second-order valence-electron chi connectivity index (χ2n) is 6.17. The average Bonchev–Trinajstić information content (AvgIpc) is 3.22. The van der Waals surface area contributed by atoms with Crippen LogP contribution in [0.5, 0.6) is 11.5 Å². The number of ether oxygens (including phenoxy) is 2.